The van der Waals surface area contributed by atoms with Gasteiger partial charge < -0.3 is 10.2 Å². The molecule has 0 atom stereocenters. The molecule has 0 aromatic carbocycles. The van der Waals surface area contributed by atoms with E-state index < -0.39 is 0 Å². The lowest BCUT2D eigenvalue weighted by Gasteiger charge is -2.39. The van der Waals surface area contributed by atoms with Crippen LogP contribution in [0.5, 0.6) is 0 Å². The van der Waals surface area contributed by atoms with E-state index in [-0.39, 0.29) is 11.8 Å². The number of anilines is 1. The molecule has 0 bridgehead atoms. The number of amides is 1. The maximum Gasteiger partial charge on any atom is 0.226 e. The molecule has 1 N–H and O–H groups in total. The molecule has 1 saturated heterocycles. The van der Waals surface area contributed by atoms with E-state index in [0.29, 0.717) is 6.04 Å². The third kappa shape index (κ3) is 1.93. The summed E-state index contributed by atoms with van der Waals surface area (Å²) in [5, 5.41) is 4.36. The minimum Gasteiger partial charge on any atom is -0.354 e. The van der Waals surface area contributed by atoms with Gasteiger partial charge in [-0.15, -0.1) is 11.3 Å². The van der Waals surface area contributed by atoms with Gasteiger partial charge >= 0.3 is 0 Å². The third-order valence-electron chi connectivity index (χ3n) is 4.96. The van der Waals surface area contributed by atoms with E-state index in [1.807, 2.05) is 11.3 Å². The monoisotopic (exact) mass is 314 g/mol. The van der Waals surface area contributed by atoms with Gasteiger partial charge in [-0.2, -0.15) is 0 Å². The predicted octanol–water partition coefficient (Wildman–Crippen LogP) is 1.89. The highest BCUT2D eigenvalue weighted by Crippen LogP contribution is 2.41. The predicted molar refractivity (Wildman–Crippen MR) is 86.3 cm³/mol. The lowest BCUT2D eigenvalue weighted by molar-refractivity contribution is -0.125. The van der Waals surface area contributed by atoms with Gasteiger partial charge in [-0.1, -0.05) is 0 Å². The molecule has 1 amide bonds. The molecular weight excluding hydrogens is 296 g/mol. The Hall–Kier alpha value is -1.69. The molecule has 6 heteroatoms. The molecule has 22 heavy (non-hydrogen) atoms. The van der Waals surface area contributed by atoms with Gasteiger partial charge in [-0.05, 0) is 37.7 Å². The van der Waals surface area contributed by atoms with Crippen LogP contribution in [0.25, 0.3) is 10.2 Å². The Kier molecular flexibility index (Phi) is 2.71. The topological polar surface area (TPSA) is 58.1 Å². The van der Waals surface area contributed by atoms with Crippen LogP contribution >= 0.6 is 11.3 Å². The van der Waals surface area contributed by atoms with Crippen LogP contribution in [0.1, 0.15) is 29.7 Å². The average Bonchev–Trinajstić information content (AvgIpc) is 3.02. The summed E-state index contributed by atoms with van der Waals surface area (Å²) in [6, 6.07) is 0.451. The Bertz CT molecular complexity index is 761. The van der Waals surface area contributed by atoms with Crippen molar-refractivity contribution in [3.8, 4) is 0 Å². The van der Waals surface area contributed by atoms with Crippen molar-refractivity contribution in [1.29, 1.82) is 0 Å². The number of hydrogen-bond donors (Lipinski definition) is 1. The SMILES string of the molecule is O=C(NC1CC1)C1CN(c2ncnc3sc4c(c23)CCC4)C1. The van der Waals surface area contributed by atoms with Gasteiger partial charge in [-0.25, -0.2) is 9.97 Å². The number of nitrogens with zero attached hydrogens (tertiary/aromatic N) is 3. The number of hydrogen-bond acceptors (Lipinski definition) is 5. The number of aryl methyl sites for hydroxylation is 2. The first kappa shape index (κ1) is 12.8. The van der Waals surface area contributed by atoms with E-state index in [0.717, 1.165) is 43.0 Å². The van der Waals surface area contributed by atoms with Crippen LogP contribution in [0.3, 0.4) is 0 Å². The third-order valence-corrected chi connectivity index (χ3v) is 6.16. The number of fused-ring (bicyclic) bond motifs is 3. The highest BCUT2D eigenvalue weighted by molar-refractivity contribution is 7.19. The summed E-state index contributed by atoms with van der Waals surface area (Å²) in [6.07, 6.45) is 7.54. The Balaban J connectivity index is 1.40. The minimum atomic E-state index is 0.122. The molecule has 114 valence electrons. The average molecular weight is 314 g/mol. The molecule has 5 rings (SSSR count). The fourth-order valence-electron chi connectivity index (χ4n) is 3.52. The normalized spacial score (nSPS) is 21.0. The molecule has 2 aliphatic carbocycles. The number of thiophene rings is 1. The first-order valence-electron chi connectivity index (χ1n) is 8.10. The van der Waals surface area contributed by atoms with Crippen molar-refractivity contribution >= 4 is 33.3 Å². The van der Waals surface area contributed by atoms with Crippen molar-refractivity contribution < 1.29 is 4.79 Å². The van der Waals surface area contributed by atoms with Crippen LogP contribution in [0, 0.1) is 5.92 Å². The lowest BCUT2D eigenvalue weighted by Crippen LogP contribution is -2.54. The van der Waals surface area contributed by atoms with Crippen LogP contribution in [-0.2, 0) is 17.6 Å². The highest BCUT2D eigenvalue weighted by atomic mass is 32.1. The van der Waals surface area contributed by atoms with Gasteiger partial charge in [0.2, 0.25) is 5.91 Å². The molecule has 0 unspecified atom stereocenters. The summed E-state index contributed by atoms with van der Waals surface area (Å²) in [4.78, 5) is 25.9. The van der Waals surface area contributed by atoms with Crippen molar-refractivity contribution in [2.75, 3.05) is 18.0 Å². The summed E-state index contributed by atoms with van der Waals surface area (Å²) in [7, 11) is 0. The second kappa shape index (κ2) is 4.65. The molecule has 3 heterocycles. The van der Waals surface area contributed by atoms with Gasteiger partial charge in [0, 0.05) is 24.0 Å². The number of carbonyl (C=O) groups excluding carboxylic acids is 1. The number of rotatable bonds is 3. The maximum absolute atomic E-state index is 12.1. The van der Waals surface area contributed by atoms with Crippen LogP contribution in [0.4, 0.5) is 5.82 Å². The van der Waals surface area contributed by atoms with E-state index in [9.17, 15) is 4.79 Å². The van der Waals surface area contributed by atoms with Crippen molar-refractivity contribution in [3.63, 3.8) is 0 Å². The zero-order chi connectivity index (χ0) is 14.7. The molecule has 5 nitrogen and oxygen atoms in total. The summed E-state index contributed by atoms with van der Waals surface area (Å²) < 4.78 is 0. The lowest BCUT2D eigenvalue weighted by atomic mass is 9.98. The van der Waals surface area contributed by atoms with E-state index in [2.05, 4.69) is 20.2 Å². The Labute approximate surface area is 132 Å². The molecule has 0 radical (unpaired) electrons. The van der Waals surface area contributed by atoms with E-state index >= 15 is 0 Å². The van der Waals surface area contributed by atoms with Gasteiger partial charge in [0.25, 0.3) is 0 Å². The second-order valence-corrected chi connectivity index (χ2v) is 7.70. The van der Waals surface area contributed by atoms with Crippen molar-refractivity contribution in [1.82, 2.24) is 15.3 Å². The largest absolute Gasteiger partial charge is 0.354 e. The molecule has 2 aromatic rings. The summed E-state index contributed by atoms with van der Waals surface area (Å²) in [5.74, 6) is 1.39. The zero-order valence-corrected chi connectivity index (χ0v) is 13.2. The van der Waals surface area contributed by atoms with Crippen LogP contribution in [0.2, 0.25) is 0 Å². The van der Waals surface area contributed by atoms with Crippen LogP contribution < -0.4 is 10.2 Å². The first-order valence-corrected chi connectivity index (χ1v) is 8.92. The molecule has 2 aromatic heterocycles. The molecule has 0 spiro atoms. The first-order chi connectivity index (χ1) is 10.8. The van der Waals surface area contributed by atoms with Gasteiger partial charge in [0.1, 0.15) is 17.0 Å². The molecule has 1 aliphatic heterocycles. The zero-order valence-electron chi connectivity index (χ0n) is 12.3. The van der Waals surface area contributed by atoms with E-state index in [1.54, 1.807) is 6.33 Å². The van der Waals surface area contributed by atoms with Gasteiger partial charge in [-0.3, -0.25) is 4.79 Å². The quantitative estimate of drug-likeness (QED) is 0.940. The number of carbonyl (C=O) groups is 1. The number of aromatic nitrogens is 2. The fraction of sp³-hybridized carbons (Fsp3) is 0.562. The van der Waals surface area contributed by atoms with E-state index in [4.69, 9.17) is 0 Å². The molecule has 3 aliphatic rings. The van der Waals surface area contributed by atoms with Crippen LogP contribution in [-0.4, -0.2) is 35.0 Å². The minimum absolute atomic E-state index is 0.122. The molecule has 1 saturated carbocycles. The standard InChI is InChI=1S/C16H18N4OS/c21-15(19-10-4-5-10)9-6-20(7-9)14-13-11-2-1-3-12(11)22-16(13)18-8-17-14/h8-10H,1-7H2,(H,19,21). The summed E-state index contributed by atoms with van der Waals surface area (Å²) in [5.41, 5.74) is 1.46. The second-order valence-electron chi connectivity index (χ2n) is 6.62. The van der Waals surface area contributed by atoms with Crippen molar-refractivity contribution in [2.45, 2.75) is 38.1 Å². The van der Waals surface area contributed by atoms with Crippen molar-refractivity contribution in [2.24, 2.45) is 5.92 Å². The Morgan fingerprint density at radius 2 is 2.14 bits per heavy atom. The maximum atomic E-state index is 12.1. The summed E-state index contributed by atoms with van der Waals surface area (Å²) in [6.45, 7) is 1.57. The Morgan fingerprint density at radius 1 is 1.27 bits per heavy atom. The van der Waals surface area contributed by atoms with Crippen LogP contribution in [0.15, 0.2) is 6.33 Å². The van der Waals surface area contributed by atoms with Gasteiger partial charge in [0.05, 0.1) is 11.3 Å². The fourth-order valence-corrected chi connectivity index (χ4v) is 4.74. The smallest absolute Gasteiger partial charge is 0.226 e. The summed E-state index contributed by atoms with van der Waals surface area (Å²) >= 11 is 1.82. The molecule has 2 fully saturated rings. The van der Waals surface area contributed by atoms with Crippen molar-refractivity contribution in [3.05, 3.63) is 16.8 Å². The number of nitrogens with one attached hydrogen (secondary N) is 1. The highest BCUT2D eigenvalue weighted by Gasteiger charge is 2.37. The Morgan fingerprint density at radius 3 is 2.95 bits per heavy atom. The molecular formula is C16H18N4OS. The van der Waals surface area contributed by atoms with Gasteiger partial charge in [0.15, 0.2) is 0 Å². The van der Waals surface area contributed by atoms with E-state index in [1.165, 1.54) is 28.7 Å².